The molecule has 0 radical (unpaired) electrons. The number of furan rings is 1. The molecule has 158 valence electrons. The zero-order chi connectivity index (χ0) is 21.6. The Hall–Kier alpha value is -3.73. The van der Waals surface area contributed by atoms with Crippen molar-refractivity contribution >= 4 is 5.91 Å². The summed E-state index contributed by atoms with van der Waals surface area (Å²) in [6.45, 7) is 4.35. The van der Waals surface area contributed by atoms with Crippen molar-refractivity contribution in [2.45, 2.75) is 32.9 Å². The Morgan fingerprint density at radius 3 is 2.55 bits per heavy atom. The molecule has 1 amide bonds. The van der Waals surface area contributed by atoms with E-state index in [1.54, 1.807) is 12.1 Å². The molecule has 0 aliphatic rings. The maximum Gasteiger partial charge on any atom is 0.287 e. The van der Waals surface area contributed by atoms with E-state index in [0.29, 0.717) is 5.76 Å². The van der Waals surface area contributed by atoms with Crippen molar-refractivity contribution < 1.29 is 13.9 Å². The van der Waals surface area contributed by atoms with Gasteiger partial charge in [0.05, 0.1) is 6.04 Å². The molecule has 1 atom stereocenters. The zero-order valence-electron chi connectivity index (χ0n) is 17.7. The number of nitrogens with one attached hydrogen (secondary N) is 1. The van der Waals surface area contributed by atoms with Gasteiger partial charge in [0.15, 0.2) is 5.76 Å². The van der Waals surface area contributed by atoms with E-state index in [0.717, 1.165) is 23.4 Å². The van der Waals surface area contributed by atoms with Gasteiger partial charge in [0.2, 0.25) is 0 Å². The highest BCUT2D eigenvalue weighted by atomic mass is 16.5. The fourth-order valence-corrected chi connectivity index (χ4v) is 3.37. The Morgan fingerprint density at radius 1 is 1.03 bits per heavy atom. The second-order valence-corrected chi connectivity index (χ2v) is 7.43. The predicted molar refractivity (Wildman–Crippen MR) is 121 cm³/mol. The lowest BCUT2D eigenvalue weighted by Gasteiger charge is -2.15. The van der Waals surface area contributed by atoms with Crippen LogP contribution in [0.1, 0.15) is 47.3 Å². The van der Waals surface area contributed by atoms with E-state index in [2.05, 4.69) is 18.3 Å². The molecule has 0 spiro atoms. The zero-order valence-corrected chi connectivity index (χ0v) is 17.7. The third-order valence-corrected chi connectivity index (χ3v) is 5.22. The summed E-state index contributed by atoms with van der Waals surface area (Å²) in [6.07, 6.45) is 4.98. The minimum Gasteiger partial charge on any atom is -0.486 e. The molecule has 2 aromatic carbocycles. The van der Waals surface area contributed by atoms with E-state index < -0.39 is 0 Å². The number of ether oxygens (including phenoxy) is 1. The van der Waals surface area contributed by atoms with Gasteiger partial charge in [-0.15, -0.1) is 0 Å². The topological polar surface area (TPSA) is 56.4 Å². The predicted octanol–water partition coefficient (Wildman–Crippen LogP) is 5.70. The molecule has 1 unspecified atom stereocenters. The average Bonchev–Trinajstić information content (AvgIpc) is 3.50. The van der Waals surface area contributed by atoms with Crippen LogP contribution in [0.25, 0.3) is 5.69 Å². The van der Waals surface area contributed by atoms with Gasteiger partial charge in [0.25, 0.3) is 5.91 Å². The standard InChI is InChI=1S/C26H26N2O3/c1-3-20-9-11-23(12-10-20)30-18-24-13-14-25(31-24)26(29)27-19(2)21-7-6-8-22(17-21)28-15-4-5-16-28/h4-17,19H,3,18H2,1-2H3,(H,27,29). The molecule has 2 heterocycles. The maximum absolute atomic E-state index is 12.6. The number of nitrogens with zero attached hydrogens (tertiary/aromatic N) is 1. The van der Waals surface area contributed by atoms with Crippen LogP contribution in [-0.4, -0.2) is 10.5 Å². The summed E-state index contributed by atoms with van der Waals surface area (Å²) >= 11 is 0. The molecule has 2 aromatic heterocycles. The lowest BCUT2D eigenvalue weighted by atomic mass is 10.1. The molecule has 0 saturated carbocycles. The smallest absolute Gasteiger partial charge is 0.287 e. The summed E-state index contributed by atoms with van der Waals surface area (Å²) in [7, 11) is 0. The van der Waals surface area contributed by atoms with E-state index in [9.17, 15) is 4.79 Å². The van der Waals surface area contributed by atoms with Crippen molar-refractivity contribution in [2.24, 2.45) is 0 Å². The fraction of sp³-hybridized carbons (Fsp3) is 0.192. The Morgan fingerprint density at radius 2 is 1.81 bits per heavy atom. The first-order valence-electron chi connectivity index (χ1n) is 10.5. The van der Waals surface area contributed by atoms with Gasteiger partial charge in [0, 0.05) is 18.1 Å². The first kappa shape index (κ1) is 20.5. The molecule has 0 saturated heterocycles. The lowest BCUT2D eigenvalue weighted by molar-refractivity contribution is 0.0907. The molecule has 4 rings (SSSR count). The second-order valence-electron chi connectivity index (χ2n) is 7.43. The molecule has 5 heteroatoms. The van der Waals surface area contributed by atoms with Crippen molar-refractivity contribution in [3.63, 3.8) is 0 Å². The number of aryl methyl sites for hydroxylation is 1. The summed E-state index contributed by atoms with van der Waals surface area (Å²) in [5, 5.41) is 3.00. The molecular formula is C26H26N2O3. The lowest BCUT2D eigenvalue weighted by Crippen LogP contribution is -2.26. The van der Waals surface area contributed by atoms with Gasteiger partial charge in [-0.05, 0) is 73.0 Å². The average molecular weight is 415 g/mol. The largest absolute Gasteiger partial charge is 0.486 e. The minimum atomic E-state index is -0.252. The van der Waals surface area contributed by atoms with Crippen LogP contribution >= 0.6 is 0 Å². The molecule has 0 fully saturated rings. The molecule has 5 nitrogen and oxygen atoms in total. The number of benzene rings is 2. The SMILES string of the molecule is CCc1ccc(OCc2ccc(C(=O)NC(C)c3cccc(-n4cccc4)c3)o2)cc1. The number of hydrogen-bond donors (Lipinski definition) is 1. The molecule has 31 heavy (non-hydrogen) atoms. The monoisotopic (exact) mass is 414 g/mol. The first-order chi connectivity index (χ1) is 15.1. The van der Waals surface area contributed by atoms with Crippen LogP contribution in [0.4, 0.5) is 0 Å². The molecule has 0 aliphatic carbocycles. The quantitative estimate of drug-likeness (QED) is 0.402. The summed E-state index contributed by atoms with van der Waals surface area (Å²) in [6, 6.07) is 23.3. The fourth-order valence-electron chi connectivity index (χ4n) is 3.37. The van der Waals surface area contributed by atoms with E-state index in [1.165, 1.54) is 5.56 Å². The molecular weight excluding hydrogens is 388 g/mol. The van der Waals surface area contributed by atoms with Gasteiger partial charge < -0.3 is 19.0 Å². The number of hydrogen-bond acceptors (Lipinski definition) is 3. The third-order valence-electron chi connectivity index (χ3n) is 5.22. The molecule has 0 aliphatic heterocycles. The summed E-state index contributed by atoms with van der Waals surface area (Å²) in [4.78, 5) is 12.6. The number of carbonyl (C=O) groups is 1. The van der Waals surface area contributed by atoms with Crippen LogP contribution in [0.15, 0.2) is 89.6 Å². The van der Waals surface area contributed by atoms with Crippen LogP contribution in [0.2, 0.25) is 0 Å². The number of rotatable bonds is 8. The van der Waals surface area contributed by atoms with Gasteiger partial charge in [-0.2, -0.15) is 0 Å². The number of aromatic nitrogens is 1. The van der Waals surface area contributed by atoms with Crippen molar-refractivity contribution in [2.75, 3.05) is 0 Å². The van der Waals surface area contributed by atoms with E-state index >= 15 is 0 Å². The Bertz CT molecular complexity index is 1130. The Labute approximate surface area is 182 Å². The second kappa shape index (κ2) is 9.39. The summed E-state index contributed by atoms with van der Waals surface area (Å²) in [5.74, 6) is 1.40. The number of amides is 1. The van der Waals surface area contributed by atoms with Gasteiger partial charge in [0.1, 0.15) is 18.1 Å². The van der Waals surface area contributed by atoms with Crippen molar-refractivity contribution in [3.8, 4) is 11.4 Å². The minimum absolute atomic E-state index is 0.162. The Balaban J connectivity index is 1.35. The number of carbonyl (C=O) groups excluding carboxylic acids is 1. The van der Waals surface area contributed by atoms with Crippen molar-refractivity contribution in [3.05, 3.63) is 108 Å². The van der Waals surface area contributed by atoms with Gasteiger partial charge >= 0.3 is 0 Å². The molecule has 0 bridgehead atoms. The highest BCUT2D eigenvalue weighted by Gasteiger charge is 2.16. The van der Waals surface area contributed by atoms with Gasteiger partial charge in [-0.3, -0.25) is 4.79 Å². The van der Waals surface area contributed by atoms with Gasteiger partial charge in [-0.1, -0.05) is 31.2 Å². The highest BCUT2D eigenvalue weighted by Crippen LogP contribution is 2.19. The van der Waals surface area contributed by atoms with Crippen LogP contribution in [0.5, 0.6) is 5.75 Å². The van der Waals surface area contributed by atoms with E-state index in [-0.39, 0.29) is 24.3 Å². The van der Waals surface area contributed by atoms with E-state index in [4.69, 9.17) is 9.15 Å². The molecule has 4 aromatic rings. The van der Waals surface area contributed by atoms with E-state index in [1.807, 2.05) is 78.5 Å². The summed E-state index contributed by atoms with van der Waals surface area (Å²) in [5.41, 5.74) is 3.33. The molecule has 1 N–H and O–H groups in total. The normalized spacial score (nSPS) is 11.8. The highest BCUT2D eigenvalue weighted by molar-refractivity contribution is 5.91. The maximum atomic E-state index is 12.6. The Kier molecular flexibility index (Phi) is 6.22. The first-order valence-corrected chi connectivity index (χ1v) is 10.5. The van der Waals surface area contributed by atoms with Crippen LogP contribution < -0.4 is 10.1 Å². The van der Waals surface area contributed by atoms with Crippen molar-refractivity contribution in [1.29, 1.82) is 0 Å². The van der Waals surface area contributed by atoms with Crippen LogP contribution in [0, 0.1) is 0 Å². The van der Waals surface area contributed by atoms with Crippen molar-refractivity contribution in [1.82, 2.24) is 9.88 Å². The third kappa shape index (κ3) is 5.07. The van der Waals surface area contributed by atoms with Gasteiger partial charge in [-0.25, -0.2) is 0 Å². The summed E-state index contributed by atoms with van der Waals surface area (Å²) < 4.78 is 13.5. The van der Waals surface area contributed by atoms with Crippen LogP contribution in [-0.2, 0) is 13.0 Å². The van der Waals surface area contributed by atoms with Crippen LogP contribution in [0.3, 0.4) is 0 Å².